The molecule has 1 N–H and O–H groups in total. The van der Waals surface area contributed by atoms with E-state index in [0.717, 1.165) is 16.7 Å². The lowest BCUT2D eigenvalue weighted by Crippen LogP contribution is -2.29. The fourth-order valence-electron chi connectivity index (χ4n) is 3.55. The van der Waals surface area contributed by atoms with Crippen molar-refractivity contribution in [1.82, 2.24) is 9.55 Å². The van der Waals surface area contributed by atoms with Crippen LogP contribution in [0, 0.1) is 0 Å². The number of hydrogen-bond acceptors (Lipinski definition) is 7. The molecule has 31 heavy (non-hydrogen) atoms. The van der Waals surface area contributed by atoms with Crippen molar-refractivity contribution in [2.45, 2.75) is 19.3 Å². The van der Waals surface area contributed by atoms with Crippen LogP contribution in [-0.4, -0.2) is 34.2 Å². The predicted octanol–water partition coefficient (Wildman–Crippen LogP) is 3.43. The zero-order chi connectivity index (χ0) is 21.2. The second kappa shape index (κ2) is 8.50. The number of aromatic nitrogens is 2. The van der Waals surface area contributed by atoms with Gasteiger partial charge in [-0.3, -0.25) is 9.36 Å². The lowest BCUT2D eigenvalue weighted by Gasteiger charge is -2.13. The van der Waals surface area contributed by atoms with Crippen LogP contribution in [0.25, 0.3) is 21.3 Å². The Bertz CT molecular complexity index is 1270. The third-order valence-corrected chi connectivity index (χ3v) is 5.96. The van der Waals surface area contributed by atoms with Crippen molar-refractivity contribution >= 4 is 21.6 Å². The van der Waals surface area contributed by atoms with Gasteiger partial charge in [0, 0.05) is 10.9 Å². The molecule has 7 nitrogen and oxygen atoms in total. The summed E-state index contributed by atoms with van der Waals surface area (Å²) in [7, 11) is 0. The second-order valence-electron chi connectivity index (χ2n) is 7.25. The van der Waals surface area contributed by atoms with Gasteiger partial charge in [0.25, 0.3) is 5.56 Å². The van der Waals surface area contributed by atoms with Crippen LogP contribution in [-0.2, 0) is 17.9 Å². The standard InChI is InChI=1S/C23H20N2O5S/c26-17(11-28-10-15-6-7-19-20(8-15)30-14-29-19)9-25-13-24-22-21(23(25)27)18(12-31-22)16-4-2-1-3-5-16/h1-8,12-13,17,26H,9-11,14H2. The summed E-state index contributed by atoms with van der Waals surface area (Å²) in [4.78, 5) is 18.2. The summed E-state index contributed by atoms with van der Waals surface area (Å²) in [5.74, 6) is 1.41. The van der Waals surface area contributed by atoms with Gasteiger partial charge in [0.2, 0.25) is 6.79 Å². The van der Waals surface area contributed by atoms with Gasteiger partial charge in [-0.25, -0.2) is 4.98 Å². The summed E-state index contributed by atoms with van der Waals surface area (Å²) in [6.07, 6.45) is 0.640. The van der Waals surface area contributed by atoms with Crippen molar-refractivity contribution in [1.29, 1.82) is 0 Å². The van der Waals surface area contributed by atoms with Gasteiger partial charge in [0.1, 0.15) is 4.83 Å². The number of aliphatic hydroxyl groups excluding tert-OH is 1. The predicted molar refractivity (Wildman–Crippen MR) is 118 cm³/mol. The fourth-order valence-corrected chi connectivity index (χ4v) is 4.46. The Morgan fingerprint density at radius 2 is 2.00 bits per heavy atom. The van der Waals surface area contributed by atoms with Gasteiger partial charge in [-0.15, -0.1) is 11.3 Å². The maximum Gasteiger partial charge on any atom is 0.262 e. The minimum atomic E-state index is -0.843. The van der Waals surface area contributed by atoms with Crippen LogP contribution in [0.2, 0.25) is 0 Å². The summed E-state index contributed by atoms with van der Waals surface area (Å²) in [5, 5.41) is 12.9. The van der Waals surface area contributed by atoms with Crippen molar-refractivity contribution in [3.63, 3.8) is 0 Å². The molecule has 8 heteroatoms. The van der Waals surface area contributed by atoms with Gasteiger partial charge in [-0.05, 0) is 23.3 Å². The van der Waals surface area contributed by atoms with Gasteiger partial charge < -0.3 is 19.3 Å². The molecule has 2 aromatic heterocycles. The van der Waals surface area contributed by atoms with Crippen LogP contribution < -0.4 is 15.0 Å². The minimum Gasteiger partial charge on any atom is -0.454 e. The Kier molecular flexibility index (Phi) is 5.42. The third-order valence-electron chi connectivity index (χ3n) is 5.07. The molecule has 0 spiro atoms. The van der Waals surface area contributed by atoms with Crippen molar-refractivity contribution in [2.24, 2.45) is 0 Å². The molecule has 0 radical (unpaired) electrons. The van der Waals surface area contributed by atoms with E-state index in [2.05, 4.69) is 4.98 Å². The molecule has 0 amide bonds. The summed E-state index contributed by atoms with van der Waals surface area (Å²) in [6.45, 7) is 0.741. The zero-order valence-electron chi connectivity index (χ0n) is 16.6. The highest BCUT2D eigenvalue weighted by Crippen LogP contribution is 2.33. The molecule has 1 aliphatic rings. The van der Waals surface area contributed by atoms with Gasteiger partial charge in [0.05, 0.1) is 37.6 Å². The molecule has 0 fully saturated rings. The highest BCUT2D eigenvalue weighted by atomic mass is 32.1. The van der Waals surface area contributed by atoms with Crippen molar-refractivity contribution in [3.05, 3.63) is 76.2 Å². The van der Waals surface area contributed by atoms with E-state index >= 15 is 0 Å². The van der Waals surface area contributed by atoms with E-state index < -0.39 is 6.10 Å². The number of benzene rings is 2. The lowest BCUT2D eigenvalue weighted by molar-refractivity contribution is 0.0198. The van der Waals surface area contributed by atoms with E-state index in [1.54, 1.807) is 0 Å². The Hall–Kier alpha value is -3.20. The van der Waals surface area contributed by atoms with E-state index in [0.29, 0.717) is 28.3 Å². The molecule has 2 aromatic carbocycles. The normalized spacial score (nSPS) is 13.6. The van der Waals surface area contributed by atoms with E-state index in [9.17, 15) is 9.90 Å². The number of fused-ring (bicyclic) bond motifs is 2. The highest BCUT2D eigenvalue weighted by Gasteiger charge is 2.16. The van der Waals surface area contributed by atoms with Crippen LogP contribution in [0.4, 0.5) is 0 Å². The number of thiophene rings is 1. The molecule has 1 atom stereocenters. The topological polar surface area (TPSA) is 82.8 Å². The zero-order valence-corrected chi connectivity index (χ0v) is 17.4. The Balaban J connectivity index is 1.27. The summed E-state index contributed by atoms with van der Waals surface area (Å²) >= 11 is 1.44. The fraction of sp³-hybridized carbons (Fsp3) is 0.217. The first kappa shape index (κ1) is 19.7. The average Bonchev–Trinajstić information content (AvgIpc) is 3.43. The molecule has 0 saturated carbocycles. The van der Waals surface area contributed by atoms with Crippen molar-refractivity contribution in [2.75, 3.05) is 13.4 Å². The molecule has 3 heterocycles. The molecule has 1 aliphatic heterocycles. The molecule has 4 aromatic rings. The van der Waals surface area contributed by atoms with Crippen LogP contribution in [0.1, 0.15) is 5.56 Å². The largest absolute Gasteiger partial charge is 0.454 e. The van der Waals surface area contributed by atoms with Crippen LogP contribution in [0.15, 0.2) is 65.0 Å². The molecule has 0 aliphatic carbocycles. The number of hydrogen-bond donors (Lipinski definition) is 1. The average molecular weight is 436 g/mol. The maximum atomic E-state index is 13.1. The Morgan fingerprint density at radius 3 is 2.87 bits per heavy atom. The molecule has 0 bridgehead atoms. The first-order chi connectivity index (χ1) is 15.2. The highest BCUT2D eigenvalue weighted by molar-refractivity contribution is 7.17. The van der Waals surface area contributed by atoms with E-state index in [-0.39, 0.29) is 25.5 Å². The molecule has 5 rings (SSSR count). The SMILES string of the molecule is O=c1c2c(-c3ccccc3)csc2ncn1CC(O)COCc1ccc2c(c1)OCO2. The lowest BCUT2D eigenvalue weighted by atomic mass is 10.1. The van der Waals surface area contributed by atoms with Crippen molar-refractivity contribution < 1.29 is 19.3 Å². The number of nitrogens with zero attached hydrogens (tertiary/aromatic N) is 2. The Morgan fingerprint density at radius 1 is 1.16 bits per heavy atom. The Labute approximate surface area is 182 Å². The molecule has 1 unspecified atom stereocenters. The quantitative estimate of drug-likeness (QED) is 0.478. The monoisotopic (exact) mass is 436 g/mol. The number of ether oxygens (including phenoxy) is 3. The molecular weight excluding hydrogens is 416 g/mol. The van der Waals surface area contributed by atoms with Gasteiger partial charge in [-0.1, -0.05) is 36.4 Å². The van der Waals surface area contributed by atoms with Crippen molar-refractivity contribution in [3.8, 4) is 22.6 Å². The smallest absolute Gasteiger partial charge is 0.262 e. The summed E-state index contributed by atoms with van der Waals surface area (Å²) in [5.41, 5.74) is 2.58. The molecular formula is C23H20N2O5S. The first-order valence-electron chi connectivity index (χ1n) is 9.85. The summed E-state index contributed by atoms with van der Waals surface area (Å²) < 4.78 is 17.7. The van der Waals surface area contributed by atoms with Gasteiger partial charge in [-0.2, -0.15) is 0 Å². The third kappa shape index (κ3) is 4.05. The van der Waals surface area contributed by atoms with Crippen LogP contribution >= 0.6 is 11.3 Å². The molecule has 0 saturated heterocycles. The van der Waals surface area contributed by atoms with E-state index in [1.165, 1.54) is 22.2 Å². The van der Waals surface area contributed by atoms with Gasteiger partial charge >= 0.3 is 0 Å². The number of aliphatic hydroxyl groups is 1. The minimum absolute atomic E-state index is 0.0914. The van der Waals surface area contributed by atoms with Crippen LogP contribution in [0.5, 0.6) is 11.5 Å². The van der Waals surface area contributed by atoms with E-state index in [4.69, 9.17) is 14.2 Å². The second-order valence-corrected chi connectivity index (χ2v) is 8.11. The maximum absolute atomic E-state index is 13.1. The molecule has 158 valence electrons. The number of rotatable bonds is 7. The summed E-state index contributed by atoms with van der Waals surface area (Å²) in [6, 6.07) is 15.3. The van der Waals surface area contributed by atoms with Crippen LogP contribution in [0.3, 0.4) is 0 Å². The first-order valence-corrected chi connectivity index (χ1v) is 10.7. The van der Waals surface area contributed by atoms with E-state index in [1.807, 2.05) is 53.9 Å². The van der Waals surface area contributed by atoms with Gasteiger partial charge in [0.15, 0.2) is 11.5 Å².